The molecule has 0 aliphatic heterocycles. The van der Waals surface area contributed by atoms with Crippen LogP contribution in [0.2, 0.25) is 0 Å². The molecule has 240 valence electrons. The summed E-state index contributed by atoms with van der Waals surface area (Å²) in [5, 5.41) is 0. The molecule has 0 spiro atoms. The summed E-state index contributed by atoms with van der Waals surface area (Å²) in [4.78, 5) is 6.76. The number of anilines is 1. The minimum absolute atomic E-state index is 0.773. The van der Waals surface area contributed by atoms with Gasteiger partial charge in [0.05, 0.1) is 18.9 Å². The van der Waals surface area contributed by atoms with E-state index in [1.165, 1.54) is 89.2 Å². The van der Waals surface area contributed by atoms with E-state index in [0.29, 0.717) is 0 Å². The molecule has 0 atom stereocenters. The second-order valence-corrected chi connectivity index (χ2v) is 12.2. The van der Waals surface area contributed by atoms with Gasteiger partial charge in [-0.05, 0) is 73.4 Å². The van der Waals surface area contributed by atoms with Crippen LogP contribution in [0.3, 0.4) is 0 Å². The topological polar surface area (TPSA) is 37.9 Å². The zero-order valence-corrected chi connectivity index (χ0v) is 27.9. The van der Waals surface area contributed by atoms with Crippen molar-refractivity contribution in [3.63, 3.8) is 0 Å². The number of rotatable bonds is 24. The Balaban J connectivity index is 1.18. The maximum atomic E-state index is 5.96. The van der Waals surface area contributed by atoms with Gasteiger partial charge in [-0.15, -0.1) is 0 Å². The summed E-state index contributed by atoms with van der Waals surface area (Å²) in [7, 11) is 4.16. The van der Waals surface area contributed by atoms with Crippen LogP contribution in [-0.2, 0) is 6.54 Å². The molecule has 0 saturated heterocycles. The van der Waals surface area contributed by atoms with Crippen molar-refractivity contribution < 1.29 is 14.0 Å². The zero-order chi connectivity index (χ0) is 31.1. The highest BCUT2D eigenvalue weighted by atomic mass is 16.5. The summed E-state index contributed by atoms with van der Waals surface area (Å²) >= 11 is 0. The van der Waals surface area contributed by atoms with Gasteiger partial charge in [0.15, 0.2) is 12.4 Å². The summed E-state index contributed by atoms with van der Waals surface area (Å²) in [6, 6.07) is 20.6. The minimum atomic E-state index is 0.773. The van der Waals surface area contributed by atoms with Gasteiger partial charge in [0.25, 0.3) is 0 Å². The molecular weight excluding hydrogens is 542 g/mol. The third-order valence-electron chi connectivity index (χ3n) is 8.07. The molecule has 3 rings (SSSR count). The van der Waals surface area contributed by atoms with Crippen LogP contribution in [-0.4, -0.2) is 33.5 Å². The molecule has 0 amide bonds. The smallest absolute Gasteiger partial charge is 0.170 e. The fourth-order valence-corrected chi connectivity index (χ4v) is 5.22. The molecule has 0 saturated carbocycles. The molecular formula is C39H58N3O2+. The van der Waals surface area contributed by atoms with E-state index in [9.17, 15) is 0 Å². The van der Waals surface area contributed by atoms with Crippen molar-refractivity contribution in [2.75, 3.05) is 32.2 Å². The van der Waals surface area contributed by atoms with Gasteiger partial charge in [0, 0.05) is 44.6 Å². The summed E-state index contributed by atoms with van der Waals surface area (Å²) in [6.07, 6.45) is 25.6. The van der Waals surface area contributed by atoms with Crippen molar-refractivity contribution in [1.29, 1.82) is 0 Å². The summed E-state index contributed by atoms with van der Waals surface area (Å²) in [5.74, 6) is 1.85. The Bertz CT molecular complexity index is 1140. The van der Waals surface area contributed by atoms with Gasteiger partial charge < -0.3 is 14.4 Å². The Morgan fingerprint density at radius 2 is 1.07 bits per heavy atom. The fourth-order valence-electron chi connectivity index (χ4n) is 5.22. The first kappa shape index (κ1) is 35.1. The molecule has 0 aliphatic rings. The first-order valence-electron chi connectivity index (χ1n) is 17.3. The first-order valence-corrected chi connectivity index (χ1v) is 17.3. The molecule has 0 unspecified atom stereocenters. The highest BCUT2D eigenvalue weighted by Gasteiger charge is 2.02. The molecule has 0 aliphatic carbocycles. The third kappa shape index (κ3) is 15.4. The van der Waals surface area contributed by atoms with Gasteiger partial charge in [-0.1, -0.05) is 77.6 Å². The Kier molecular flexibility index (Phi) is 17.7. The van der Waals surface area contributed by atoms with E-state index in [0.717, 1.165) is 55.4 Å². The van der Waals surface area contributed by atoms with Gasteiger partial charge in [-0.25, -0.2) is 4.57 Å². The van der Waals surface area contributed by atoms with Crippen LogP contribution in [0.5, 0.6) is 11.5 Å². The van der Waals surface area contributed by atoms with Crippen LogP contribution in [0.15, 0.2) is 78.0 Å². The van der Waals surface area contributed by atoms with Crippen LogP contribution >= 0.6 is 0 Å². The van der Waals surface area contributed by atoms with Crippen LogP contribution < -0.4 is 18.9 Å². The number of ether oxygens (including phenoxy) is 2. The Labute approximate surface area is 268 Å². The highest BCUT2D eigenvalue weighted by molar-refractivity contribution is 5.82. The number of hydrogen-bond acceptors (Lipinski definition) is 4. The molecule has 2 aromatic carbocycles. The van der Waals surface area contributed by atoms with Crippen molar-refractivity contribution >= 4 is 17.6 Å². The number of nitrogens with zero attached hydrogens (tertiary/aromatic N) is 3. The second kappa shape index (κ2) is 22.2. The van der Waals surface area contributed by atoms with E-state index in [1.54, 1.807) is 0 Å². The Morgan fingerprint density at radius 1 is 0.591 bits per heavy atom. The van der Waals surface area contributed by atoms with Crippen LogP contribution in [0.4, 0.5) is 11.4 Å². The van der Waals surface area contributed by atoms with Crippen molar-refractivity contribution in [2.24, 2.45) is 4.99 Å². The largest absolute Gasteiger partial charge is 0.494 e. The predicted octanol–water partition coefficient (Wildman–Crippen LogP) is 10.1. The van der Waals surface area contributed by atoms with Gasteiger partial charge in [0.1, 0.15) is 18.0 Å². The average Bonchev–Trinajstić information content (AvgIpc) is 3.05. The Hall–Kier alpha value is -3.34. The van der Waals surface area contributed by atoms with Crippen molar-refractivity contribution in [1.82, 2.24) is 0 Å². The lowest BCUT2D eigenvalue weighted by molar-refractivity contribution is -0.697. The maximum Gasteiger partial charge on any atom is 0.170 e. The van der Waals surface area contributed by atoms with Gasteiger partial charge in [-0.2, -0.15) is 0 Å². The summed E-state index contributed by atoms with van der Waals surface area (Å²) < 4.78 is 14.2. The normalized spacial score (nSPS) is 11.2. The number of aliphatic imine (C=N–C) groups is 1. The quantitative estimate of drug-likeness (QED) is 0.0583. The van der Waals surface area contributed by atoms with E-state index in [2.05, 4.69) is 72.1 Å². The highest BCUT2D eigenvalue weighted by Crippen LogP contribution is 2.19. The molecule has 0 radical (unpaired) electrons. The minimum Gasteiger partial charge on any atom is -0.494 e. The Morgan fingerprint density at radius 3 is 1.59 bits per heavy atom. The molecule has 1 heterocycles. The van der Waals surface area contributed by atoms with Crippen LogP contribution in [0.25, 0.3) is 0 Å². The molecule has 0 fully saturated rings. The zero-order valence-electron chi connectivity index (χ0n) is 27.9. The van der Waals surface area contributed by atoms with Gasteiger partial charge in [-0.3, -0.25) is 4.99 Å². The van der Waals surface area contributed by atoms with Crippen molar-refractivity contribution in [3.8, 4) is 11.5 Å². The standard InChI is InChI=1S/C39H58N3O2/c1-4-5-6-7-8-11-14-17-32-43-38-23-19-35(20-24-38)34-40-36-21-25-39(26-22-36)44-33-18-15-12-9-10-13-16-29-42-30-27-37(28-31-42)41(2)3/h19-28,30-31,34H,4-18,29,32-33H2,1-3H3/q+1. The van der Waals surface area contributed by atoms with Crippen LogP contribution in [0, 0.1) is 0 Å². The lowest BCUT2D eigenvalue weighted by atomic mass is 10.1. The van der Waals surface area contributed by atoms with E-state index >= 15 is 0 Å². The second-order valence-electron chi connectivity index (χ2n) is 12.2. The molecule has 5 nitrogen and oxygen atoms in total. The van der Waals surface area contributed by atoms with Crippen molar-refractivity contribution in [2.45, 2.75) is 110 Å². The van der Waals surface area contributed by atoms with E-state index < -0.39 is 0 Å². The number of unbranched alkanes of at least 4 members (excludes halogenated alkanes) is 13. The van der Waals surface area contributed by atoms with Crippen LogP contribution in [0.1, 0.15) is 109 Å². The third-order valence-corrected chi connectivity index (χ3v) is 8.07. The molecule has 0 N–H and O–H groups in total. The number of aromatic nitrogens is 1. The van der Waals surface area contributed by atoms with E-state index in [-0.39, 0.29) is 0 Å². The molecule has 3 aromatic rings. The molecule has 44 heavy (non-hydrogen) atoms. The number of pyridine rings is 1. The monoisotopic (exact) mass is 600 g/mol. The van der Waals surface area contributed by atoms with E-state index in [4.69, 9.17) is 9.47 Å². The molecule has 1 aromatic heterocycles. The summed E-state index contributed by atoms with van der Waals surface area (Å²) in [5.41, 5.74) is 3.24. The molecule has 0 bridgehead atoms. The number of hydrogen-bond donors (Lipinski definition) is 0. The fraction of sp³-hybridized carbons (Fsp3) is 0.538. The lowest BCUT2D eigenvalue weighted by Gasteiger charge is -2.10. The summed E-state index contributed by atoms with van der Waals surface area (Å²) in [6.45, 7) is 4.94. The number of aryl methyl sites for hydroxylation is 1. The van der Waals surface area contributed by atoms with E-state index in [1.807, 2.05) is 42.6 Å². The SMILES string of the molecule is CCCCCCCCCCOc1ccc(C=Nc2ccc(OCCCCCCCCC[n+]3ccc(N(C)C)cc3)cc2)cc1. The predicted molar refractivity (Wildman–Crippen MR) is 187 cm³/mol. The maximum absolute atomic E-state index is 5.96. The lowest BCUT2D eigenvalue weighted by Crippen LogP contribution is -2.32. The van der Waals surface area contributed by atoms with Gasteiger partial charge in [0.2, 0.25) is 0 Å². The van der Waals surface area contributed by atoms with Crippen molar-refractivity contribution in [3.05, 3.63) is 78.6 Å². The first-order chi connectivity index (χ1) is 21.6. The number of benzene rings is 2. The van der Waals surface area contributed by atoms with Gasteiger partial charge >= 0.3 is 0 Å². The average molecular weight is 601 g/mol. The molecule has 5 heteroatoms.